The number of anilines is 1. The van der Waals surface area contributed by atoms with Gasteiger partial charge in [-0.05, 0) is 24.6 Å². The lowest BCUT2D eigenvalue weighted by Gasteiger charge is -2.00. The Morgan fingerprint density at radius 2 is 2.22 bits per heavy atom. The van der Waals surface area contributed by atoms with Crippen molar-refractivity contribution in [2.75, 3.05) is 5.73 Å². The van der Waals surface area contributed by atoms with Crippen molar-refractivity contribution < 1.29 is 4.52 Å². The number of nitrogen functional groups attached to an aromatic ring is 1. The minimum atomic E-state index is 0.424. The van der Waals surface area contributed by atoms with Crippen LogP contribution in [0.15, 0.2) is 35.1 Å². The summed E-state index contributed by atoms with van der Waals surface area (Å²) >= 11 is 0. The second-order valence-electron chi connectivity index (χ2n) is 3.93. The lowest BCUT2D eigenvalue weighted by molar-refractivity contribution is 0.432. The summed E-state index contributed by atoms with van der Waals surface area (Å²) in [6.07, 6.45) is 3.34. The number of imidazole rings is 1. The lowest BCUT2D eigenvalue weighted by atomic mass is 10.1. The predicted octanol–water partition coefficient (Wildman–Crippen LogP) is 2.02. The highest BCUT2D eigenvalue weighted by atomic mass is 16.5. The molecule has 0 fully saturated rings. The van der Waals surface area contributed by atoms with E-state index in [-0.39, 0.29) is 0 Å². The van der Waals surface area contributed by atoms with E-state index in [0.29, 0.717) is 23.2 Å². The first-order valence-electron chi connectivity index (χ1n) is 5.44. The molecular weight excluding hydrogens is 230 g/mol. The molecule has 0 amide bonds. The van der Waals surface area contributed by atoms with Gasteiger partial charge in [-0.25, -0.2) is 4.98 Å². The standard InChI is InChI=1S/C12H11N5O/c1-7-2-3-8(6-9(7)13)12-16-11(17-18-12)10-14-4-5-15-10/h2-6H,13H2,1H3,(H,14,15). The molecule has 0 radical (unpaired) electrons. The monoisotopic (exact) mass is 241 g/mol. The molecule has 6 heteroatoms. The number of aromatic amines is 1. The molecule has 0 aliphatic rings. The molecule has 0 spiro atoms. The molecule has 0 saturated carbocycles. The number of nitrogens with zero attached hydrogens (tertiary/aromatic N) is 3. The zero-order valence-electron chi connectivity index (χ0n) is 9.71. The van der Waals surface area contributed by atoms with E-state index in [9.17, 15) is 0 Å². The quantitative estimate of drug-likeness (QED) is 0.669. The van der Waals surface area contributed by atoms with Crippen molar-refractivity contribution in [2.24, 2.45) is 0 Å². The highest BCUT2D eigenvalue weighted by Crippen LogP contribution is 2.23. The average molecular weight is 241 g/mol. The molecule has 0 saturated heterocycles. The van der Waals surface area contributed by atoms with Crippen LogP contribution in [0.5, 0.6) is 0 Å². The first-order chi connectivity index (χ1) is 8.74. The van der Waals surface area contributed by atoms with Gasteiger partial charge in [-0.1, -0.05) is 11.2 Å². The largest absolute Gasteiger partial charge is 0.398 e. The summed E-state index contributed by atoms with van der Waals surface area (Å²) < 4.78 is 5.19. The van der Waals surface area contributed by atoms with Gasteiger partial charge in [0.2, 0.25) is 5.82 Å². The van der Waals surface area contributed by atoms with Crippen LogP contribution in [0.1, 0.15) is 5.56 Å². The Labute approximate surface area is 103 Å². The van der Waals surface area contributed by atoms with Crippen LogP contribution >= 0.6 is 0 Å². The number of rotatable bonds is 2. The lowest BCUT2D eigenvalue weighted by Crippen LogP contribution is -1.90. The Kier molecular flexibility index (Phi) is 2.33. The van der Waals surface area contributed by atoms with Crippen LogP contribution in [-0.4, -0.2) is 20.1 Å². The number of aryl methyl sites for hydroxylation is 1. The number of hydrogen-bond donors (Lipinski definition) is 2. The third-order valence-electron chi connectivity index (χ3n) is 2.66. The first kappa shape index (κ1) is 10.5. The molecule has 0 bridgehead atoms. The fraction of sp³-hybridized carbons (Fsp3) is 0.0833. The highest BCUT2D eigenvalue weighted by Gasteiger charge is 2.12. The number of nitrogens with one attached hydrogen (secondary N) is 1. The van der Waals surface area contributed by atoms with Crippen molar-refractivity contribution in [3.63, 3.8) is 0 Å². The molecule has 3 N–H and O–H groups in total. The minimum absolute atomic E-state index is 0.424. The SMILES string of the molecule is Cc1ccc(-c2nc(-c3ncc[nH]3)no2)cc1N. The molecule has 0 aliphatic heterocycles. The molecule has 2 heterocycles. The maximum absolute atomic E-state index is 5.85. The molecule has 0 unspecified atom stereocenters. The van der Waals surface area contributed by atoms with Crippen molar-refractivity contribution in [1.82, 2.24) is 20.1 Å². The number of benzene rings is 1. The second kappa shape index (κ2) is 3.99. The van der Waals surface area contributed by atoms with Gasteiger partial charge >= 0.3 is 0 Å². The molecule has 1 aromatic carbocycles. The molecule has 2 aromatic heterocycles. The van der Waals surface area contributed by atoms with Crippen LogP contribution in [-0.2, 0) is 0 Å². The van der Waals surface area contributed by atoms with E-state index in [0.717, 1.165) is 11.1 Å². The number of hydrogen-bond acceptors (Lipinski definition) is 5. The third-order valence-corrected chi connectivity index (χ3v) is 2.66. The van der Waals surface area contributed by atoms with Crippen molar-refractivity contribution in [3.8, 4) is 23.1 Å². The normalized spacial score (nSPS) is 10.7. The van der Waals surface area contributed by atoms with Crippen molar-refractivity contribution >= 4 is 5.69 Å². The maximum atomic E-state index is 5.85. The number of aromatic nitrogens is 4. The van der Waals surface area contributed by atoms with E-state index < -0.39 is 0 Å². The van der Waals surface area contributed by atoms with Crippen LogP contribution in [0.25, 0.3) is 23.1 Å². The highest BCUT2D eigenvalue weighted by molar-refractivity contribution is 5.63. The van der Waals surface area contributed by atoms with E-state index in [4.69, 9.17) is 10.3 Å². The maximum Gasteiger partial charge on any atom is 0.258 e. The fourth-order valence-electron chi connectivity index (χ4n) is 1.60. The van der Waals surface area contributed by atoms with Gasteiger partial charge in [0.15, 0.2) is 5.82 Å². The molecule has 18 heavy (non-hydrogen) atoms. The summed E-state index contributed by atoms with van der Waals surface area (Å²) in [6, 6.07) is 5.63. The van der Waals surface area contributed by atoms with Crippen LogP contribution < -0.4 is 5.73 Å². The van der Waals surface area contributed by atoms with E-state index in [1.54, 1.807) is 12.4 Å². The van der Waals surface area contributed by atoms with E-state index >= 15 is 0 Å². The molecular formula is C12H11N5O. The number of H-pyrrole nitrogens is 1. The van der Waals surface area contributed by atoms with Gasteiger partial charge in [0.25, 0.3) is 5.89 Å². The van der Waals surface area contributed by atoms with E-state index in [1.165, 1.54) is 0 Å². The molecule has 90 valence electrons. The minimum Gasteiger partial charge on any atom is -0.398 e. The van der Waals surface area contributed by atoms with Crippen molar-refractivity contribution in [1.29, 1.82) is 0 Å². The van der Waals surface area contributed by atoms with Crippen molar-refractivity contribution in [3.05, 3.63) is 36.2 Å². The van der Waals surface area contributed by atoms with Gasteiger partial charge in [-0.2, -0.15) is 4.98 Å². The molecule has 0 aliphatic carbocycles. The predicted molar refractivity (Wildman–Crippen MR) is 66.5 cm³/mol. The summed E-state index contributed by atoms with van der Waals surface area (Å²) in [5.74, 6) is 1.42. The Morgan fingerprint density at radius 1 is 1.33 bits per heavy atom. The Balaban J connectivity index is 2.00. The van der Waals surface area contributed by atoms with Gasteiger partial charge in [-0.3, -0.25) is 0 Å². The van der Waals surface area contributed by atoms with Gasteiger partial charge in [0, 0.05) is 23.6 Å². The molecule has 6 nitrogen and oxygen atoms in total. The third kappa shape index (κ3) is 1.73. The van der Waals surface area contributed by atoms with E-state index in [2.05, 4.69) is 20.1 Å². The summed E-state index contributed by atoms with van der Waals surface area (Å²) in [6.45, 7) is 1.95. The molecule has 0 atom stereocenters. The van der Waals surface area contributed by atoms with Crippen LogP contribution in [0.2, 0.25) is 0 Å². The summed E-state index contributed by atoms with van der Waals surface area (Å²) in [7, 11) is 0. The van der Waals surface area contributed by atoms with Gasteiger partial charge < -0.3 is 15.2 Å². The smallest absolute Gasteiger partial charge is 0.258 e. The molecule has 3 rings (SSSR count). The Hall–Kier alpha value is -2.63. The zero-order valence-corrected chi connectivity index (χ0v) is 9.71. The van der Waals surface area contributed by atoms with Gasteiger partial charge in [0.1, 0.15) is 0 Å². The topological polar surface area (TPSA) is 93.6 Å². The van der Waals surface area contributed by atoms with Crippen molar-refractivity contribution in [2.45, 2.75) is 6.92 Å². The number of nitrogens with two attached hydrogens (primary N) is 1. The van der Waals surface area contributed by atoms with Gasteiger partial charge in [-0.15, -0.1) is 0 Å². The first-order valence-corrected chi connectivity index (χ1v) is 5.44. The summed E-state index contributed by atoms with van der Waals surface area (Å²) in [4.78, 5) is 11.2. The summed E-state index contributed by atoms with van der Waals surface area (Å²) in [5, 5.41) is 3.87. The van der Waals surface area contributed by atoms with Crippen LogP contribution in [0, 0.1) is 6.92 Å². The second-order valence-corrected chi connectivity index (χ2v) is 3.93. The summed E-state index contributed by atoms with van der Waals surface area (Å²) in [5.41, 5.74) is 8.36. The molecule has 3 aromatic rings. The van der Waals surface area contributed by atoms with Gasteiger partial charge in [0.05, 0.1) is 0 Å². The zero-order chi connectivity index (χ0) is 12.5. The Morgan fingerprint density at radius 3 is 2.94 bits per heavy atom. The average Bonchev–Trinajstić information content (AvgIpc) is 3.01. The van der Waals surface area contributed by atoms with E-state index in [1.807, 2.05) is 25.1 Å². The fourth-order valence-corrected chi connectivity index (χ4v) is 1.60. The van der Waals surface area contributed by atoms with Crippen LogP contribution in [0.3, 0.4) is 0 Å². The Bertz CT molecular complexity index is 672. The van der Waals surface area contributed by atoms with Crippen LogP contribution in [0.4, 0.5) is 5.69 Å².